The molecule has 2 N–H and O–H groups in total. The van der Waals surface area contributed by atoms with Crippen LogP contribution in [0.15, 0.2) is 47.4 Å². The molecule has 20 heavy (non-hydrogen) atoms. The van der Waals surface area contributed by atoms with Gasteiger partial charge in [0.05, 0.1) is 12.0 Å². The minimum atomic E-state index is -3.66. The Kier molecular flexibility index (Phi) is 4.11. The fourth-order valence-electron chi connectivity index (χ4n) is 2.12. The van der Waals surface area contributed by atoms with E-state index < -0.39 is 10.0 Å². The first kappa shape index (κ1) is 14.6. The largest absolute Gasteiger partial charge is 0.496 e. The zero-order valence-corrected chi connectivity index (χ0v) is 12.3. The molecular weight excluding hydrogens is 274 g/mol. The number of aryl methyl sites for hydroxylation is 1. The van der Waals surface area contributed by atoms with Crippen molar-refractivity contribution in [1.29, 1.82) is 0 Å². The molecule has 0 aliphatic rings. The zero-order valence-electron chi connectivity index (χ0n) is 11.5. The van der Waals surface area contributed by atoms with E-state index in [2.05, 4.69) is 0 Å². The topological polar surface area (TPSA) is 69.4 Å². The number of methoxy groups -OCH3 is 1. The summed E-state index contributed by atoms with van der Waals surface area (Å²) >= 11 is 0. The summed E-state index contributed by atoms with van der Waals surface area (Å²) in [6.45, 7) is 1.98. The number of ether oxygens (including phenoxy) is 1. The second-order valence-corrected chi connectivity index (χ2v) is 6.23. The first-order valence-corrected chi connectivity index (χ1v) is 7.70. The number of rotatable bonds is 4. The lowest BCUT2D eigenvalue weighted by atomic mass is 10.0. The molecule has 0 bridgehead atoms. The lowest BCUT2D eigenvalue weighted by molar-refractivity contribution is 0.411. The van der Waals surface area contributed by atoms with Gasteiger partial charge in [0.15, 0.2) is 0 Å². The van der Waals surface area contributed by atoms with Crippen molar-refractivity contribution < 1.29 is 13.2 Å². The highest BCUT2D eigenvalue weighted by molar-refractivity contribution is 7.89. The van der Waals surface area contributed by atoms with Crippen molar-refractivity contribution in [2.45, 2.75) is 18.2 Å². The fraction of sp³-hybridized carbons (Fsp3) is 0.200. The van der Waals surface area contributed by atoms with Crippen molar-refractivity contribution >= 4 is 10.0 Å². The predicted molar refractivity (Wildman–Crippen MR) is 78.4 cm³/mol. The Morgan fingerprint density at radius 1 is 1.10 bits per heavy atom. The van der Waals surface area contributed by atoms with Gasteiger partial charge in [-0.3, -0.25) is 0 Å². The summed E-state index contributed by atoms with van der Waals surface area (Å²) in [6, 6.07) is 12.6. The smallest absolute Gasteiger partial charge is 0.238 e. The van der Waals surface area contributed by atoms with Gasteiger partial charge >= 0.3 is 0 Å². The summed E-state index contributed by atoms with van der Waals surface area (Å²) in [5.41, 5.74) is 3.04. The van der Waals surface area contributed by atoms with E-state index in [1.807, 2.05) is 31.2 Å². The van der Waals surface area contributed by atoms with Gasteiger partial charge in [0.1, 0.15) is 5.75 Å². The third kappa shape index (κ3) is 3.37. The Labute approximate surface area is 119 Å². The van der Waals surface area contributed by atoms with Crippen LogP contribution in [-0.2, 0) is 16.4 Å². The van der Waals surface area contributed by atoms with E-state index >= 15 is 0 Å². The number of nitrogens with two attached hydrogens (primary N) is 1. The molecular formula is C15H17NO3S. The molecule has 2 aromatic rings. The van der Waals surface area contributed by atoms with Crippen LogP contribution < -0.4 is 9.88 Å². The van der Waals surface area contributed by atoms with Gasteiger partial charge in [0.2, 0.25) is 10.0 Å². The molecule has 0 spiro atoms. The second-order valence-electron chi connectivity index (χ2n) is 4.67. The van der Waals surface area contributed by atoms with Crippen LogP contribution in [0.4, 0.5) is 0 Å². The summed E-state index contributed by atoms with van der Waals surface area (Å²) < 4.78 is 27.9. The number of primary sulfonamides is 1. The van der Waals surface area contributed by atoms with Crippen LogP contribution in [0.25, 0.3) is 0 Å². The van der Waals surface area contributed by atoms with Crippen LogP contribution in [0.2, 0.25) is 0 Å². The molecule has 2 rings (SSSR count). The minimum Gasteiger partial charge on any atom is -0.496 e. The molecule has 0 amide bonds. The third-order valence-electron chi connectivity index (χ3n) is 3.09. The Morgan fingerprint density at radius 3 is 2.40 bits per heavy atom. The van der Waals surface area contributed by atoms with E-state index in [0.717, 1.165) is 22.4 Å². The average Bonchev–Trinajstić information content (AvgIpc) is 2.38. The van der Waals surface area contributed by atoms with Gasteiger partial charge in [-0.25, -0.2) is 13.6 Å². The van der Waals surface area contributed by atoms with E-state index in [9.17, 15) is 8.42 Å². The van der Waals surface area contributed by atoms with Gasteiger partial charge in [-0.2, -0.15) is 0 Å². The van der Waals surface area contributed by atoms with Gasteiger partial charge in [0.25, 0.3) is 0 Å². The first-order chi connectivity index (χ1) is 9.40. The summed E-state index contributed by atoms with van der Waals surface area (Å²) in [7, 11) is -2.02. The van der Waals surface area contributed by atoms with Crippen LogP contribution in [0, 0.1) is 6.92 Å². The van der Waals surface area contributed by atoms with Crippen molar-refractivity contribution in [1.82, 2.24) is 0 Å². The summed E-state index contributed by atoms with van der Waals surface area (Å²) in [4.78, 5) is 0.139. The van der Waals surface area contributed by atoms with Crippen LogP contribution in [-0.4, -0.2) is 15.5 Å². The van der Waals surface area contributed by atoms with E-state index in [1.165, 1.54) is 6.07 Å². The molecule has 4 nitrogen and oxygen atoms in total. The van der Waals surface area contributed by atoms with Crippen LogP contribution in [0.5, 0.6) is 5.75 Å². The highest BCUT2D eigenvalue weighted by atomic mass is 32.2. The predicted octanol–water partition coefficient (Wildman–Crippen LogP) is 2.24. The Morgan fingerprint density at radius 2 is 1.80 bits per heavy atom. The number of hydrogen-bond acceptors (Lipinski definition) is 3. The molecule has 0 atom stereocenters. The maximum absolute atomic E-state index is 11.3. The highest BCUT2D eigenvalue weighted by Gasteiger charge is 2.08. The molecule has 5 heteroatoms. The van der Waals surface area contributed by atoms with Crippen LogP contribution >= 0.6 is 0 Å². The Balaban J connectivity index is 2.29. The quantitative estimate of drug-likeness (QED) is 0.939. The second kappa shape index (κ2) is 5.64. The Bertz CT molecular complexity index is 724. The van der Waals surface area contributed by atoms with Crippen molar-refractivity contribution in [2.24, 2.45) is 5.14 Å². The summed E-state index contributed by atoms with van der Waals surface area (Å²) in [5, 5.41) is 5.14. The van der Waals surface area contributed by atoms with Gasteiger partial charge in [-0.05, 0) is 48.2 Å². The van der Waals surface area contributed by atoms with Crippen molar-refractivity contribution in [3.8, 4) is 5.75 Å². The monoisotopic (exact) mass is 291 g/mol. The maximum atomic E-state index is 11.3. The minimum absolute atomic E-state index is 0.139. The van der Waals surface area contributed by atoms with Gasteiger partial charge in [0, 0.05) is 0 Å². The summed E-state index contributed by atoms with van der Waals surface area (Å²) in [5.74, 6) is 0.840. The molecule has 0 aromatic heterocycles. The molecule has 0 aliphatic carbocycles. The molecule has 0 heterocycles. The molecule has 106 valence electrons. The van der Waals surface area contributed by atoms with Crippen molar-refractivity contribution in [2.75, 3.05) is 7.11 Å². The third-order valence-corrected chi connectivity index (χ3v) is 4.01. The number of hydrogen-bond donors (Lipinski definition) is 1. The van der Waals surface area contributed by atoms with Gasteiger partial charge in [-0.15, -0.1) is 0 Å². The standard InChI is InChI=1S/C15H17NO3S/c1-11-8-13(6-7-15(11)19-2)9-12-4-3-5-14(10-12)20(16,17)18/h3-8,10H,9H2,1-2H3,(H2,16,17,18). The number of benzene rings is 2. The molecule has 0 radical (unpaired) electrons. The number of sulfonamides is 1. The molecule has 0 aliphatic heterocycles. The molecule has 0 fully saturated rings. The SMILES string of the molecule is COc1ccc(Cc2cccc(S(N)(=O)=O)c2)cc1C. The molecule has 0 saturated heterocycles. The molecule has 0 saturated carbocycles. The van der Waals surface area contributed by atoms with E-state index in [4.69, 9.17) is 9.88 Å². The maximum Gasteiger partial charge on any atom is 0.238 e. The van der Waals surface area contributed by atoms with E-state index in [-0.39, 0.29) is 4.90 Å². The van der Waals surface area contributed by atoms with Crippen LogP contribution in [0.3, 0.4) is 0 Å². The average molecular weight is 291 g/mol. The fourth-order valence-corrected chi connectivity index (χ4v) is 2.70. The molecule has 0 unspecified atom stereocenters. The Hall–Kier alpha value is -1.85. The van der Waals surface area contributed by atoms with Crippen molar-refractivity contribution in [3.63, 3.8) is 0 Å². The lowest BCUT2D eigenvalue weighted by Gasteiger charge is -2.08. The van der Waals surface area contributed by atoms with Gasteiger partial charge < -0.3 is 4.74 Å². The van der Waals surface area contributed by atoms with Crippen LogP contribution in [0.1, 0.15) is 16.7 Å². The highest BCUT2D eigenvalue weighted by Crippen LogP contribution is 2.21. The normalized spacial score (nSPS) is 11.3. The first-order valence-electron chi connectivity index (χ1n) is 6.15. The molecule has 2 aromatic carbocycles. The zero-order chi connectivity index (χ0) is 14.8. The van der Waals surface area contributed by atoms with Crippen molar-refractivity contribution in [3.05, 3.63) is 59.2 Å². The van der Waals surface area contributed by atoms with E-state index in [0.29, 0.717) is 6.42 Å². The summed E-state index contributed by atoms with van der Waals surface area (Å²) in [6.07, 6.45) is 0.647. The van der Waals surface area contributed by atoms with Gasteiger partial charge in [-0.1, -0.05) is 24.3 Å². The lowest BCUT2D eigenvalue weighted by Crippen LogP contribution is -2.12. The van der Waals surface area contributed by atoms with E-state index in [1.54, 1.807) is 19.2 Å².